The van der Waals surface area contributed by atoms with Crippen molar-refractivity contribution in [2.45, 2.75) is 71.3 Å². The molecule has 0 amide bonds. The predicted octanol–water partition coefficient (Wildman–Crippen LogP) is 4.97. The van der Waals surface area contributed by atoms with E-state index in [9.17, 15) is 4.55 Å². The molecule has 0 aromatic carbocycles. The zero-order chi connectivity index (χ0) is 18.7. The van der Waals surface area contributed by atoms with Crippen LogP contribution in [0.1, 0.15) is 54.2 Å². The number of halogens is 2. The average molecular weight is 435 g/mol. The Morgan fingerprint density at radius 2 is 1.79 bits per heavy atom. The summed E-state index contributed by atoms with van der Waals surface area (Å²) >= 11 is 1.98. The van der Waals surface area contributed by atoms with Gasteiger partial charge in [0.2, 0.25) is 0 Å². The topological polar surface area (TPSA) is 48.3 Å². The van der Waals surface area contributed by atoms with Crippen LogP contribution in [-0.2, 0) is 11.4 Å². The highest BCUT2D eigenvalue weighted by Gasteiger charge is 2.34. The van der Waals surface area contributed by atoms with Crippen molar-refractivity contribution in [3.8, 4) is 0 Å². The largest absolute Gasteiger partial charge is 0.591 e. The van der Waals surface area contributed by atoms with Crippen molar-refractivity contribution in [2.75, 3.05) is 0 Å². The summed E-state index contributed by atoms with van der Waals surface area (Å²) in [6.45, 7) is 13.6. The Bertz CT molecular complexity index is 607. The Morgan fingerprint density at radius 1 is 1.29 bits per heavy atom. The van der Waals surface area contributed by atoms with Gasteiger partial charge in [0, 0.05) is 0 Å². The number of hydrogen-bond acceptors (Lipinski definition) is 3. The highest BCUT2D eigenvalue weighted by molar-refractivity contribution is 9.10. The first-order chi connectivity index (χ1) is 11.0. The highest BCUT2D eigenvalue weighted by atomic mass is 79.9. The zero-order valence-electron chi connectivity index (χ0n) is 15.7. The summed E-state index contributed by atoms with van der Waals surface area (Å²) in [7, 11) is -1.90. The van der Waals surface area contributed by atoms with Crippen molar-refractivity contribution in [1.29, 1.82) is 0 Å². The number of pyridine rings is 1. The fourth-order valence-corrected chi connectivity index (χ4v) is 7.65. The van der Waals surface area contributed by atoms with Crippen LogP contribution in [0.4, 0.5) is 4.39 Å². The Kier molecular flexibility index (Phi) is 7.65. The van der Waals surface area contributed by atoms with Crippen LogP contribution in [-0.4, -0.2) is 28.1 Å². The summed E-state index contributed by atoms with van der Waals surface area (Å²) in [5, 5.41) is 0.794. The van der Waals surface area contributed by atoms with Gasteiger partial charge in [-0.3, -0.25) is 0 Å². The summed E-state index contributed by atoms with van der Waals surface area (Å²) in [4.78, 5) is 4.28. The average Bonchev–Trinajstić information content (AvgIpc) is 2.51. The Hall–Kier alpha value is -0.243. The third-order valence-electron chi connectivity index (χ3n) is 4.61. The third-order valence-corrected chi connectivity index (χ3v) is 12.1. The lowest BCUT2D eigenvalue weighted by Gasteiger charge is -2.29. The minimum Gasteiger partial charge on any atom is -0.591 e. The van der Waals surface area contributed by atoms with Crippen molar-refractivity contribution in [2.24, 2.45) is 4.40 Å². The van der Waals surface area contributed by atoms with E-state index in [-0.39, 0.29) is 11.5 Å². The predicted molar refractivity (Wildman–Crippen MR) is 109 cm³/mol. The van der Waals surface area contributed by atoms with Crippen molar-refractivity contribution >= 4 is 46.3 Å². The Morgan fingerprint density at radius 3 is 2.21 bits per heavy atom. The van der Waals surface area contributed by atoms with Gasteiger partial charge in [-0.05, 0) is 54.9 Å². The molecule has 136 valence electrons. The smallest absolute Gasteiger partial charge is 0.150 e. The SMILES string of the molecule is CC[Si](CC)(CC)c1cc(Br)nc(/C(C)=N\[S@@+]([O-])C(C)(C)C)c1F. The van der Waals surface area contributed by atoms with E-state index in [0.717, 1.165) is 23.3 Å². The molecule has 1 heterocycles. The Balaban J connectivity index is 3.51. The van der Waals surface area contributed by atoms with Gasteiger partial charge in [0.05, 0.1) is 8.07 Å². The van der Waals surface area contributed by atoms with E-state index in [1.165, 1.54) is 0 Å². The molecule has 0 radical (unpaired) electrons. The van der Waals surface area contributed by atoms with E-state index in [0.29, 0.717) is 10.3 Å². The van der Waals surface area contributed by atoms with Crippen LogP contribution >= 0.6 is 15.9 Å². The number of hydrogen-bond donors (Lipinski definition) is 0. The summed E-state index contributed by atoms with van der Waals surface area (Å²) in [5.41, 5.74) is 0.596. The molecule has 24 heavy (non-hydrogen) atoms. The number of aromatic nitrogens is 1. The van der Waals surface area contributed by atoms with Crippen LogP contribution in [0.3, 0.4) is 0 Å². The molecule has 0 spiro atoms. The van der Waals surface area contributed by atoms with E-state index in [1.807, 2.05) is 26.8 Å². The fraction of sp³-hybridized carbons (Fsp3) is 0.647. The molecule has 1 aromatic heterocycles. The van der Waals surface area contributed by atoms with Gasteiger partial charge < -0.3 is 4.55 Å². The van der Waals surface area contributed by atoms with Crippen LogP contribution in [0.15, 0.2) is 15.1 Å². The van der Waals surface area contributed by atoms with Gasteiger partial charge in [-0.15, -0.1) is 0 Å². The van der Waals surface area contributed by atoms with E-state index in [1.54, 1.807) is 6.92 Å². The minimum atomic E-state index is -1.90. The standard InChI is InChI=1S/C17H28BrFN2OSSi/c1-8-24(9-2,10-3)13-11-14(18)20-16(15(13)19)12(4)21-23(22)17(5,6)7/h11H,8-10H2,1-7H3/b21-12-/t23-/m0/s1. The van der Waals surface area contributed by atoms with Gasteiger partial charge in [-0.2, -0.15) is 0 Å². The molecule has 1 atom stereocenters. The van der Waals surface area contributed by atoms with Gasteiger partial charge in [-0.1, -0.05) is 43.3 Å². The van der Waals surface area contributed by atoms with Gasteiger partial charge in [0.1, 0.15) is 37.9 Å². The molecule has 0 bridgehead atoms. The first-order valence-electron chi connectivity index (χ1n) is 8.36. The summed E-state index contributed by atoms with van der Waals surface area (Å²) < 4.78 is 31.9. The van der Waals surface area contributed by atoms with Crippen LogP contribution < -0.4 is 5.19 Å². The van der Waals surface area contributed by atoms with Crippen molar-refractivity contribution in [3.05, 3.63) is 22.2 Å². The van der Waals surface area contributed by atoms with Gasteiger partial charge in [0.25, 0.3) is 0 Å². The lowest BCUT2D eigenvalue weighted by atomic mass is 10.2. The molecule has 0 N–H and O–H groups in total. The van der Waals surface area contributed by atoms with E-state index >= 15 is 4.39 Å². The van der Waals surface area contributed by atoms with E-state index < -0.39 is 24.2 Å². The second-order valence-corrected chi connectivity index (χ2v) is 15.0. The molecule has 0 unspecified atom stereocenters. The van der Waals surface area contributed by atoms with Crippen LogP contribution in [0.2, 0.25) is 18.1 Å². The second kappa shape index (κ2) is 8.43. The second-order valence-electron chi connectivity index (χ2n) is 7.03. The highest BCUT2D eigenvalue weighted by Crippen LogP contribution is 2.25. The van der Waals surface area contributed by atoms with E-state index in [4.69, 9.17) is 0 Å². The molecule has 0 fully saturated rings. The molecule has 1 rings (SSSR count). The number of rotatable bonds is 6. The fourth-order valence-electron chi connectivity index (χ4n) is 2.75. The van der Waals surface area contributed by atoms with Gasteiger partial charge >= 0.3 is 0 Å². The normalized spacial score (nSPS) is 14.8. The maximum Gasteiger partial charge on any atom is 0.150 e. The zero-order valence-corrected chi connectivity index (χ0v) is 19.1. The van der Waals surface area contributed by atoms with Crippen molar-refractivity contribution in [3.63, 3.8) is 0 Å². The van der Waals surface area contributed by atoms with Gasteiger partial charge in [0.15, 0.2) is 0 Å². The molecule has 0 aliphatic carbocycles. The molecule has 0 aliphatic heterocycles. The quantitative estimate of drug-likeness (QED) is 0.274. The lowest BCUT2D eigenvalue weighted by molar-refractivity contribution is 0.561. The molecule has 0 saturated heterocycles. The lowest BCUT2D eigenvalue weighted by Crippen LogP contribution is -2.48. The molecular formula is C17H28BrFN2OSSi. The maximum absolute atomic E-state index is 15.3. The van der Waals surface area contributed by atoms with Crippen molar-refractivity contribution < 1.29 is 8.94 Å². The van der Waals surface area contributed by atoms with E-state index in [2.05, 4.69) is 46.1 Å². The molecule has 1 aromatic rings. The van der Waals surface area contributed by atoms with Crippen LogP contribution in [0.25, 0.3) is 0 Å². The van der Waals surface area contributed by atoms with Crippen LogP contribution in [0, 0.1) is 5.82 Å². The molecule has 7 heteroatoms. The maximum atomic E-state index is 15.3. The summed E-state index contributed by atoms with van der Waals surface area (Å²) in [5.74, 6) is -0.289. The summed E-state index contributed by atoms with van der Waals surface area (Å²) in [6.07, 6.45) is 0. The summed E-state index contributed by atoms with van der Waals surface area (Å²) in [6, 6.07) is 4.78. The number of nitrogens with zero attached hydrogens (tertiary/aromatic N) is 2. The molecular weight excluding hydrogens is 407 g/mol. The molecule has 0 saturated carbocycles. The minimum absolute atomic E-state index is 0.212. The first-order valence-corrected chi connectivity index (χ1v) is 12.9. The monoisotopic (exact) mass is 434 g/mol. The molecule has 0 aliphatic rings. The molecule has 3 nitrogen and oxygen atoms in total. The third kappa shape index (κ3) is 4.68. The van der Waals surface area contributed by atoms with Crippen LogP contribution in [0.5, 0.6) is 0 Å². The van der Waals surface area contributed by atoms with Gasteiger partial charge in [-0.25, -0.2) is 9.37 Å². The van der Waals surface area contributed by atoms with Crippen molar-refractivity contribution in [1.82, 2.24) is 4.98 Å². The Labute approximate surface area is 158 Å². The first kappa shape index (κ1) is 21.8.